The molecule has 28 heavy (non-hydrogen) atoms. The monoisotopic (exact) mass is 379 g/mol. The van der Waals surface area contributed by atoms with E-state index in [-0.39, 0.29) is 11.4 Å². The summed E-state index contributed by atoms with van der Waals surface area (Å²) < 4.78 is 0. The lowest BCUT2D eigenvalue weighted by Crippen LogP contribution is -2.69. The number of nitrogens with one attached hydrogen (secondary N) is 1. The molecule has 2 atom stereocenters. The highest BCUT2D eigenvalue weighted by Gasteiger charge is 2.57. The fourth-order valence-electron chi connectivity index (χ4n) is 4.63. The molecule has 7 nitrogen and oxygen atoms in total. The lowest BCUT2D eigenvalue weighted by Gasteiger charge is -2.61. The number of nitrogens with zero attached hydrogens (tertiary/aromatic N) is 2. The summed E-state index contributed by atoms with van der Waals surface area (Å²) in [6.45, 7) is 0.566. The first-order valence-electron chi connectivity index (χ1n) is 9.45. The van der Waals surface area contributed by atoms with Crippen LogP contribution >= 0.6 is 0 Å². The second-order valence-corrected chi connectivity index (χ2v) is 7.41. The predicted molar refractivity (Wildman–Crippen MR) is 104 cm³/mol. The van der Waals surface area contributed by atoms with Crippen LogP contribution in [0.4, 0.5) is 11.4 Å². The van der Waals surface area contributed by atoms with Gasteiger partial charge in [-0.25, -0.2) is 0 Å². The molecule has 144 valence electrons. The van der Waals surface area contributed by atoms with Gasteiger partial charge in [-0.15, -0.1) is 0 Å². The summed E-state index contributed by atoms with van der Waals surface area (Å²) in [5.74, 6) is -0.994. The molecule has 7 heteroatoms. The molecule has 1 saturated carbocycles. The Bertz CT molecular complexity index is 930. The fraction of sp³-hybridized carbons (Fsp3) is 0.333. The number of carbonyl (C=O) groups excluding carboxylic acids is 2. The first-order chi connectivity index (χ1) is 13.5. The summed E-state index contributed by atoms with van der Waals surface area (Å²) in [5, 5.41) is 13.4. The van der Waals surface area contributed by atoms with Gasteiger partial charge in [0, 0.05) is 30.3 Å². The number of rotatable bonds is 3. The molecule has 0 radical (unpaired) electrons. The van der Waals surface area contributed by atoms with E-state index in [1.165, 1.54) is 24.3 Å². The predicted octanol–water partition coefficient (Wildman–Crippen LogP) is 3.46. The maximum Gasteiger partial charge on any atom is 0.313 e. The summed E-state index contributed by atoms with van der Waals surface area (Å²) in [7, 11) is 0. The van der Waals surface area contributed by atoms with E-state index >= 15 is 0 Å². The van der Waals surface area contributed by atoms with Gasteiger partial charge in [-0.05, 0) is 24.5 Å². The number of amides is 2. The van der Waals surface area contributed by atoms with Crippen molar-refractivity contribution >= 4 is 23.2 Å². The Kier molecular flexibility index (Phi) is 4.58. The lowest BCUT2D eigenvalue weighted by atomic mass is 9.61. The molecule has 1 aliphatic carbocycles. The molecule has 1 heterocycles. The van der Waals surface area contributed by atoms with E-state index in [1.54, 1.807) is 4.90 Å². The smallest absolute Gasteiger partial charge is 0.313 e. The SMILES string of the molecule is O=C(Nc1cccc([N+](=O)[O-])c1)C(=O)N1CC2CCCCC21c1ccccc1. The largest absolute Gasteiger partial charge is 0.324 e. The van der Waals surface area contributed by atoms with Crippen molar-refractivity contribution in [2.24, 2.45) is 5.92 Å². The molecule has 2 amide bonds. The Hall–Kier alpha value is -3.22. The molecule has 1 N–H and O–H groups in total. The third-order valence-corrected chi connectivity index (χ3v) is 5.95. The highest BCUT2D eigenvalue weighted by Crippen LogP contribution is 2.53. The van der Waals surface area contributed by atoms with E-state index in [0.29, 0.717) is 12.5 Å². The maximum absolute atomic E-state index is 13.0. The summed E-state index contributed by atoms with van der Waals surface area (Å²) in [5.41, 5.74) is 0.753. The van der Waals surface area contributed by atoms with Crippen LogP contribution < -0.4 is 5.32 Å². The molecule has 0 bridgehead atoms. The van der Waals surface area contributed by atoms with Gasteiger partial charge in [0.05, 0.1) is 10.5 Å². The zero-order valence-electron chi connectivity index (χ0n) is 15.3. The zero-order valence-corrected chi connectivity index (χ0v) is 15.3. The number of anilines is 1. The van der Waals surface area contributed by atoms with E-state index in [1.807, 2.05) is 30.3 Å². The number of non-ortho nitro benzene ring substituents is 1. The number of fused-ring (bicyclic) bond motifs is 1. The Morgan fingerprint density at radius 3 is 2.61 bits per heavy atom. The number of benzene rings is 2. The number of nitro benzene ring substituents is 1. The molecule has 2 fully saturated rings. The number of hydrogen-bond acceptors (Lipinski definition) is 4. The van der Waals surface area contributed by atoms with Crippen molar-refractivity contribution in [3.63, 3.8) is 0 Å². The summed E-state index contributed by atoms with van der Waals surface area (Å²) in [6, 6.07) is 15.5. The highest BCUT2D eigenvalue weighted by molar-refractivity contribution is 6.39. The van der Waals surface area contributed by atoms with Gasteiger partial charge < -0.3 is 10.2 Å². The minimum atomic E-state index is -0.764. The third kappa shape index (κ3) is 2.93. The second kappa shape index (κ2) is 7.07. The van der Waals surface area contributed by atoms with Gasteiger partial charge in [0.15, 0.2) is 0 Å². The van der Waals surface area contributed by atoms with Crippen LogP contribution in [0.1, 0.15) is 31.2 Å². The van der Waals surface area contributed by atoms with Crippen LogP contribution in [0.25, 0.3) is 0 Å². The van der Waals surface area contributed by atoms with Crippen molar-refractivity contribution in [1.29, 1.82) is 0 Å². The van der Waals surface area contributed by atoms with Gasteiger partial charge in [0.25, 0.3) is 5.69 Å². The van der Waals surface area contributed by atoms with E-state index < -0.39 is 22.3 Å². The quantitative estimate of drug-likeness (QED) is 0.502. The van der Waals surface area contributed by atoms with Crippen molar-refractivity contribution in [1.82, 2.24) is 4.90 Å². The minimum absolute atomic E-state index is 0.137. The fourth-order valence-corrected chi connectivity index (χ4v) is 4.63. The van der Waals surface area contributed by atoms with Crippen molar-refractivity contribution in [2.45, 2.75) is 31.2 Å². The maximum atomic E-state index is 13.0. The normalized spacial score (nSPS) is 23.3. The van der Waals surface area contributed by atoms with Gasteiger partial charge in [0.1, 0.15) is 0 Å². The molecule has 2 aliphatic rings. The van der Waals surface area contributed by atoms with Crippen LogP contribution in [0.3, 0.4) is 0 Å². The second-order valence-electron chi connectivity index (χ2n) is 7.41. The van der Waals surface area contributed by atoms with Gasteiger partial charge in [-0.3, -0.25) is 19.7 Å². The molecule has 4 rings (SSSR count). The summed E-state index contributed by atoms with van der Waals surface area (Å²) in [6.07, 6.45) is 4.05. The van der Waals surface area contributed by atoms with Crippen LogP contribution in [0.2, 0.25) is 0 Å². The van der Waals surface area contributed by atoms with Crippen LogP contribution in [-0.2, 0) is 15.1 Å². The number of likely N-dealkylation sites (tertiary alicyclic amines) is 1. The zero-order chi connectivity index (χ0) is 19.7. The molecule has 0 aromatic heterocycles. The topological polar surface area (TPSA) is 92.5 Å². The average molecular weight is 379 g/mol. The summed E-state index contributed by atoms with van der Waals surface area (Å²) in [4.78, 5) is 37.6. The Morgan fingerprint density at radius 1 is 1.11 bits per heavy atom. The van der Waals surface area contributed by atoms with Crippen LogP contribution in [0.5, 0.6) is 0 Å². The van der Waals surface area contributed by atoms with E-state index in [0.717, 1.165) is 31.2 Å². The molecule has 2 aromatic carbocycles. The number of hydrogen-bond donors (Lipinski definition) is 1. The highest BCUT2D eigenvalue weighted by atomic mass is 16.6. The first-order valence-corrected chi connectivity index (χ1v) is 9.45. The number of carbonyl (C=O) groups is 2. The van der Waals surface area contributed by atoms with Crippen molar-refractivity contribution in [3.8, 4) is 0 Å². The Labute approximate surface area is 162 Å². The van der Waals surface area contributed by atoms with Crippen molar-refractivity contribution in [3.05, 3.63) is 70.3 Å². The molecule has 2 unspecified atom stereocenters. The van der Waals surface area contributed by atoms with Crippen LogP contribution in [0, 0.1) is 16.0 Å². The van der Waals surface area contributed by atoms with Crippen LogP contribution in [-0.4, -0.2) is 28.2 Å². The molecular weight excluding hydrogens is 358 g/mol. The average Bonchev–Trinajstić information content (AvgIpc) is 2.69. The van der Waals surface area contributed by atoms with Gasteiger partial charge in [-0.1, -0.05) is 49.2 Å². The summed E-state index contributed by atoms with van der Waals surface area (Å²) >= 11 is 0. The molecule has 0 spiro atoms. The van der Waals surface area contributed by atoms with Gasteiger partial charge >= 0.3 is 11.8 Å². The lowest BCUT2D eigenvalue weighted by molar-refractivity contribution is -0.384. The standard InChI is InChI=1S/C21H21N3O4/c25-19(22-17-10-6-11-18(13-17)24(27)28)20(26)23-14-16-9-4-5-12-21(16,23)15-7-2-1-3-8-15/h1-3,6-8,10-11,13,16H,4-5,9,12,14H2,(H,22,25). The third-order valence-electron chi connectivity index (χ3n) is 5.95. The molecule has 2 aromatic rings. The minimum Gasteiger partial charge on any atom is -0.324 e. The first kappa shape index (κ1) is 18.2. The van der Waals surface area contributed by atoms with E-state index in [4.69, 9.17) is 0 Å². The Balaban J connectivity index is 1.56. The Morgan fingerprint density at radius 2 is 1.89 bits per heavy atom. The van der Waals surface area contributed by atoms with E-state index in [2.05, 4.69) is 5.32 Å². The molecule has 1 aliphatic heterocycles. The molecule has 1 saturated heterocycles. The van der Waals surface area contributed by atoms with Crippen LogP contribution in [0.15, 0.2) is 54.6 Å². The van der Waals surface area contributed by atoms with Crippen molar-refractivity contribution in [2.75, 3.05) is 11.9 Å². The number of nitro groups is 1. The van der Waals surface area contributed by atoms with Crippen molar-refractivity contribution < 1.29 is 14.5 Å². The molecular formula is C21H21N3O4. The van der Waals surface area contributed by atoms with E-state index in [9.17, 15) is 19.7 Å². The van der Waals surface area contributed by atoms with Gasteiger partial charge in [-0.2, -0.15) is 0 Å². The van der Waals surface area contributed by atoms with Gasteiger partial charge in [0.2, 0.25) is 0 Å².